The standard InChI is InChI=1S/C17H15F2NO8S2/c1-26-15(22)11-10(12(16(23)27-2)29-13(11)20)7-28-14(21)8-3-5-9(6-4-8)30(24,25)17(18)19/h3-6,17H,7,20H2,1-2H3. The van der Waals surface area contributed by atoms with Gasteiger partial charge in [-0.15, -0.1) is 11.3 Å². The molecule has 1 heterocycles. The first-order valence-corrected chi connectivity index (χ1v) is 10.3. The molecule has 2 rings (SSSR count). The molecule has 0 fully saturated rings. The number of esters is 3. The molecule has 0 aliphatic carbocycles. The Morgan fingerprint density at radius 2 is 1.60 bits per heavy atom. The third-order valence-corrected chi connectivity index (χ3v) is 6.23. The van der Waals surface area contributed by atoms with Crippen molar-refractivity contribution < 1.29 is 45.8 Å². The first-order valence-electron chi connectivity index (χ1n) is 7.91. The van der Waals surface area contributed by atoms with Gasteiger partial charge in [-0.1, -0.05) is 0 Å². The molecule has 13 heteroatoms. The molecule has 162 valence electrons. The summed E-state index contributed by atoms with van der Waals surface area (Å²) in [4.78, 5) is 35.4. The van der Waals surface area contributed by atoms with E-state index in [1.54, 1.807) is 0 Å². The number of anilines is 1. The SMILES string of the molecule is COC(=O)c1sc(N)c(C(=O)OC)c1COC(=O)c1ccc(S(=O)(=O)C(F)F)cc1. The van der Waals surface area contributed by atoms with Crippen LogP contribution in [0.1, 0.15) is 36.0 Å². The smallest absolute Gasteiger partial charge is 0.348 e. The van der Waals surface area contributed by atoms with Crippen molar-refractivity contribution in [3.05, 3.63) is 45.8 Å². The molecule has 0 aliphatic rings. The van der Waals surface area contributed by atoms with Crippen LogP contribution in [0.25, 0.3) is 0 Å². The van der Waals surface area contributed by atoms with Crippen LogP contribution in [0.4, 0.5) is 13.8 Å². The molecule has 1 aromatic carbocycles. The summed E-state index contributed by atoms with van der Waals surface area (Å²) in [7, 11) is -2.60. The summed E-state index contributed by atoms with van der Waals surface area (Å²) in [5.74, 6) is -6.23. The van der Waals surface area contributed by atoms with E-state index < -0.39 is 45.0 Å². The van der Waals surface area contributed by atoms with E-state index in [1.807, 2.05) is 0 Å². The number of hydrogen-bond acceptors (Lipinski definition) is 10. The number of hydrogen-bond donors (Lipinski definition) is 1. The Bertz CT molecular complexity index is 1080. The molecule has 0 saturated heterocycles. The number of nitrogens with two attached hydrogens (primary N) is 1. The monoisotopic (exact) mass is 463 g/mol. The Morgan fingerprint density at radius 1 is 1.03 bits per heavy atom. The van der Waals surface area contributed by atoms with E-state index in [-0.39, 0.29) is 26.6 Å². The number of carbonyl (C=O) groups excluding carboxylic acids is 3. The normalized spacial score (nSPS) is 11.2. The van der Waals surface area contributed by atoms with Crippen molar-refractivity contribution in [3.63, 3.8) is 0 Å². The summed E-state index contributed by atoms with van der Waals surface area (Å²) in [5.41, 5.74) is 5.43. The topological polar surface area (TPSA) is 139 Å². The van der Waals surface area contributed by atoms with Gasteiger partial charge in [0.15, 0.2) is 0 Å². The molecule has 0 bridgehead atoms. The summed E-state index contributed by atoms with van der Waals surface area (Å²) in [6.07, 6.45) is 0. The lowest BCUT2D eigenvalue weighted by Gasteiger charge is -2.09. The summed E-state index contributed by atoms with van der Waals surface area (Å²) >= 11 is 0.746. The fraction of sp³-hybridized carbons (Fsp3) is 0.235. The van der Waals surface area contributed by atoms with E-state index in [2.05, 4.69) is 9.47 Å². The van der Waals surface area contributed by atoms with Gasteiger partial charge in [-0.05, 0) is 24.3 Å². The van der Waals surface area contributed by atoms with Crippen LogP contribution in [0, 0.1) is 0 Å². The van der Waals surface area contributed by atoms with Crippen molar-refractivity contribution in [3.8, 4) is 0 Å². The van der Waals surface area contributed by atoms with Gasteiger partial charge in [-0.25, -0.2) is 22.8 Å². The summed E-state index contributed by atoms with van der Waals surface area (Å²) in [6, 6.07) is 3.64. The average molecular weight is 463 g/mol. The minimum atomic E-state index is -4.81. The second-order valence-electron chi connectivity index (χ2n) is 5.54. The zero-order chi connectivity index (χ0) is 22.6. The van der Waals surface area contributed by atoms with Crippen molar-refractivity contribution in [1.29, 1.82) is 0 Å². The van der Waals surface area contributed by atoms with E-state index in [1.165, 1.54) is 0 Å². The van der Waals surface area contributed by atoms with E-state index in [0.29, 0.717) is 0 Å². The summed E-state index contributed by atoms with van der Waals surface area (Å²) in [6.45, 7) is -0.557. The Hall–Kier alpha value is -3.06. The van der Waals surface area contributed by atoms with Crippen LogP contribution in [0.2, 0.25) is 0 Å². The molecule has 30 heavy (non-hydrogen) atoms. The highest BCUT2D eigenvalue weighted by Crippen LogP contribution is 2.33. The number of halogens is 2. The fourth-order valence-electron chi connectivity index (χ4n) is 2.31. The van der Waals surface area contributed by atoms with Gasteiger partial charge in [0.25, 0.3) is 0 Å². The number of sulfone groups is 1. The third-order valence-electron chi connectivity index (χ3n) is 3.80. The van der Waals surface area contributed by atoms with E-state index in [4.69, 9.17) is 10.5 Å². The van der Waals surface area contributed by atoms with E-state index in [9.17, 15) is 31.6 Å². The molecular formula is C17H15F2NO8S2. The number of alkyl halides is 2. The first kappa shape index (κ1) is 23.2. The number of ether oxygens (including phenoxy) is 3. The predicted octanol–water partition coefficient (Wildman–Crippen LogP) is 2.26. The molecule has 0 atom stereocenters. The lowest BCUT2D eigenvalue weighted by Crippen LogP contribution is -2.13. The highest BCUT2D eigenvalue weighted by atomic mass is 32.2. The lowest BCUT2D eigenvalue weighted by molar-refractivity contribution is 0.0452. The summed E-state index contributed by atoms with van der Waals surface area (Å²) < 4.78 is 62.3. The zero-order valence-corrected chi connectivity index (χ0v) is 17.1. The molecular weight excluding hydrogens is 448 g/mol. The van der Waals surface area contributed by atoms with Gasteiger partial charge in [-0.2, -0.15) is 8.78 Å². The van der Waals surface area contributed by atoms with Gasteiger partial charge in [0.1, 0.15) is 22.0 Å². The molecule has 2 N–H and O–H groups in total. The van der Waals surface area contributed by atoms with Crippen LogP contribution in [0.15, 0.2) is 29.2 Å². The zero-order valence-electron chi connectivity index (χ0n) is 15.5. The van der Waals surface area contributed by atoms with Crippen molar-refractivity contribution in [2.24, 2.45) is 0 Å². The van der Waals surface area contributed by atoms with Crippen LogP contribution in [0.5, 0.6) is 0 Å². The Balaban J connectivity index is 2.28. The molecule has 2 aromatic rings. The first-order chi connectivity index (χ1) is 14.0. The fourth-order valence-corrected chi connectivity index (χ4v) is 4.01. The molecule has 0 saturated carbocycles. The van der Waals surface area contributed by atoms with Crippen LogP contribution >= 0.6 is 11.3 Å². The number of thiophene rings is 1. The van der Waals surface area contributed by atoms with Gasteiger partial charge in [0.2, 0.25) is 9.84 Å². The van der Waals surface area contributed by atoms with Crippen molar-refractivity contribution in [2.75, 3.05) is 20.0 Å². The predicted molar refractivity (Wildman–Crippen MR) is 100 cm³/mol. The van der Waals surface area contributed by atoms with Crippen LogP contribution < -0.4 is 5.73 Å². The van der Waals surface area contributed by atoms with Crippen LogP contribution in [0.3, 0.4) is 0 Å². The number of methoxy groups -OCH3 is 2. The van der Waals surface area contributed by atoms with Gasteiger partial charge >= 0.3 is 23.7 Å². The van der Waals surface area contributed by atoms with Crippen molar-refractivity contribution in [1.82, 2.24) is 0 Å². The largest absolute Gasteiger partial charge is 0.465 e. The van der Waals surface area contributed by atoms with Gasteiger partial charge in [0, 0.05) is 5.56 Å². The van der Waals surface area contributed by atoms with Crippen molar-refractivity contribution in [2.45, 2.75) is 17.3 Å². The highest BCUT2D eigenvalue weighted by molar-refractivity contribution is 7.91. The molecule has 0 spiro atoms. The number of benzene rings is 1. The molecule has 1 aromatic heterocycles. The molecule has 0 radical (unpaired) electrons. The van der Waals surface area contributed by atoms with E-state index in [0.717, 1.165) is 49.8 Å². The van der Waals surface area contributed by atoms with Gasteiger partial charge in [-0.3, -0.25) is 0 Å². The minimum Gasteiger partial charge on any atom is -0.465 e. The molecule has 9 nitrogen and oxygen atoms in total. The average Bonchev–Trinajstić information content (AvgIpc) is 3.06. The quantitative estimate of drug-likeness (QED) is 0.484. The maximum atomic E-state index is 12.6. The van der Waals surface area contributed by atoms with Gasteiger partial charge in [0.05, 0.1) is 24.7 Å². The molecule has 0 unspecified atom stereocenters. The minimum absolute atomic E-state index is 0.0264. The number of rotatable bonds is 7. The third kappa shape index (κ3) is 4.57. The second kappa shape index (κ2) is 9.17. The number of nitrogen functional groups attached to an aromatic ring is 1. The summed E-state index contributed by atoms with van der Waals surface area (Å²) in [5, 5.41) is -0.0464. The molecule has 0 amide bonds. The Kier molecular flexibility index (Phi) is 7.10. The van der Waals surface area contributed by atoms with E-state index >= 15 is 0 Å². The van der Waals surface area contributed by atoms with Gasteiger partial charge < -0.3 is 19.9 Å². The van der Waals surface area contributed by atoms with Crippen LogP contribution in [-0.4, -0.2) is 46.3 Å². The maximum absolute atomic E-state index is 12.6. The maximum Gasteiger partial charge on any atom is 0.348 e. The molecule has 0 aliphatic heterocycles. The Morgan fingerprint density at radius 3 is 2.10 bits per heavy atom. The second-order valence-corrected chi connectivity index (χ2v) is 8.51. The Labute approximate surface area is 173 Å². The number of carbonyl (C=O) groups is 3. The lowest BCUT2D eigenvalue weighted by atomic mass is 10.1. The van der Waals surface area contributed by atoms with Crippen LogP contribution in [-0.2, 0) is 30.7 Å². The highest BCUT2D eigenvalue weighted by Gasteiger charge is 2.29. The van der Waals surface area contributed by atoms with Crippen molar-refractivity contribution >= 4 is 44.1 Å².